The Kier molecular flexibility index (Phi) is 6.26. The maximum atomic E-state index is 12.4. The molecule has 1 fully saturated rings. The molecule has 0 aliphatic carbocycles. The van der Waals surface area contributed by atoms with Crippen molar-refractivity contribution in [3.05, 3.63) is 65.7 Å². The lowest BCUT2D eigenvalue weighted by Crippen LogP contribution is -2.55. The first-order chi connectivity index (χ1) is 13.6. The summed E-state index contributed by atoms with van der Waals surface area (Å²) in [5, 5.41) is 2.77. The van der Waals surface area contributed by atoms with Crippen LogP contribution in [0.3, 0.4) is 0 Å². The zero-order valence-electron chi connectivity index (χ0n) is 15.8. The highest BCUT2D eigenvalue weighted by molar-refractivity contribution is 6.35. The molecule has 1 aliphatic rings. The van der Waals surface area contributed by atoms with Crippen LogP contribution in [0.25, 0.3) is 0 Å². The first-order valence-corrected chi connectivity index (χ1v) is 9.09. The van der Waals surface area contributed by atoms with Gasteiger partial charge in [0.1, 0.15) is 12.3 Å². The number of hydrogen-bond donors (Lipinski definition) is 1. The molecule has 0 unspecified atom stereocenters. The second-order valence-electron chi connectivity index (χ2n) is 6.53. The summed E-state index contributed by atoms with van der Waals surface area (Å²) in [7, 11) is 1.57. The van der Waals surface area contributed by atoms with Crippen molar-refractivity contribution in [1.29, 1.82) is 0 Å². The van der Waals surface area contributed by atoms with Crippen LogP contribution < -0.4 is 10.1 Å². The quantitative estimate of drug-likeness (QED) is 0.731. The van der Waals surface area contributed by atoms with Gasteiger partial charge in [-0.05, 0) is 11.6 Å². The van der Waals surface area contributed by atoms with Gasteiger partial charge < -0.3 is 19.9 Å². The fraction of sp³-hybridized carbons (Fsp3) is 0.286. The van der Waals surface area contributed by atoms with Crippen LogP contribution in [-0.4, -0.2) is 54.3 Å². The standard InChI is InChI=1S/C21H23N3O4/c1-28-18-10-6-5-9-17(18)13-22-19(25)15-24-12-11-23(20(26)21(24)27)14-16-7-3-2-4-8-16/h2-10H,11-15H2,1H3,(H,22,25). The van der Waals surface area contributed by atoms with Crippen molar-refractivity contribution in [1.82, 2.24) is 15.1 Å². The van der Waals surface area contributed by atoms with Crippen molar-refractivity contribution in [2.24, 2.45) is 0 Å². The van der Waals surface area contributed by atoms with Crippen LogP contribution in [0.4, 0.5) is 0 Å². The highest BCUT2D eigenvalue weighted by Crippen LogP contribution is 2.16. The van der Waals surface area contributed by atoms with Gasteiger partial charge in [0.25, 0.3) is 0 Å². The van der Waals surface area contributed by atoms with Gasteiger partial charge in [0.15, 0.2) is 0 Å². The van der Waals surface area contributed by atoms with Gasteiger partial charge in [0.2, 0.25) is 5.91 Å². The summed E-state index contributed by atoms with van der Waals surface area (Å²) in [5.74, 6) is -0.852. The molecule has 3 rings (SSSR count). The second kappa shape index (κ2) is 9.03. The average Bonchev–Trinajstić information content (AvgIpc) is 2.73. The molecule has 28 heavy (non-hydrogen) atoms. The molecule has 2 aromatic rings. The van der Waals surface area contributed by atoms with Gasteiger partial charge in [-0.25, -0.2) is 0 Å². The molecule has 0 bridgehead atoms. The Hall–Kier alpha value is -3.35. The monoisotopic (exact) mass is 381 g/mol. The van der Waals surface area contributed by atoms with E-state index in [9.17, 15) is 14.4 Å². The largest absolute Gasteiger partial charge is 0.496 e. The molecule has 7 heteroatoms. The lowest BCUT2D eigenvalue weighted by Gasteiger charge is -2.33. The molecule has 0 saturated carbocycles. The maximum absolute atomic E-state index is 12.4. The van der Waals surface area contributed by atoms with E-state index in [1.54, 1.807) is 7.11 Å². The minimum atomic E-state index is -0.644. The van der Waals surface area contributed by atoms with E-state index in [4.69, 9.17) is 4.74 Å². The predicted molar refractivity (Wildman–Crippen MR) is 103 cm³/mol. The fourth-order valence-corrected chi connectivity index (χ4v) is 3.09. The Labute approximate surface area is 163 Å². The van der Waals surface area contributed by atoms with Gasteiger partial charge in [0, 0.05) is 31.7 Å². The molecule has 1 aliphatic heterocycles. The van der Waals surface area contributed by atoms with Crippen molar-refractivity contribution in [3.8, 4) is 5.75 Å². The number of amides is 3. The number of benzene rings is 2. The zero-order valence-corrected chi connectivity index (χ0v) is 15.8. The lowest BCUT2D eigenvalue weighted by molar-refractivity contribution is -0.157. The zero-order chi connectivity index (χ0) is 19.9. The molecule has 3 amide bonds. The van der Waals surface area contributed by atoms with Crippen LogP contribution in [0.5, 0.6) is 5.75 Å². The number of para-hydroxylation sites is 1. The van der Waals surface area contributed by atoms with E-state index in [0.29, 0.717) is 31.9 Å². The van der Waals surface area contributed by atoms with Gasteiger partial charge >= 0.3 is 11.8 Å². The summed E-state index contributed by atoms with van der Waals surface area (Å²) >= 11 is 0. The van der Waals surface area contributed by atoms with Crippen LogP contribution >= 0.6 is 0 Å². The average molecular weight is 381 g/mol. The third-order valence-corrected chi connectivity index (χ3v) is 4.62. The molecule has 1 heterocycles. The number of rotatable bonds is 7. The molecule has 0 radical (unpaired) electrons. The maximum Gasteiger partial charge on any atom is 0.312 e. The van der Waals surface area contributed by atoms with Gasteiger partial charge in [-0.15, -0.1) is 0 Å². The molecule has 1 N–H and O–H groups in total. The first-order valence-electron chi connectivity index (χ1n) is 9.09. The molecular weight excluding hydrogens is 358 g/mol. The Morgan fingerprint density at radius 1 is 0.964 bits per heavy atom. The SMILES string of the molecule is COc1ccccc1CNC(=O)CN1CCN(Cc2ccccc2)C(=O)C1=O. The summed E-state index contributed by atoms with van der Waals surface area (Å²) < 4.78 is 5.25. The molecular formula is C21H23N3O4. The lowest BCUT2D eigenvalue weighted by atomic mass is 10.2. The van der Waals surface area contributed by atoms with Crippen molar-refractivity contribution < 1.29 is 19.1 Å². The van der Waals surface area contributed by atoms with E-state index in [2.05, 4.69) is 5.32 Å². The number of methoxy groups -OCH3 is 1. The summed E-state index contributed by atoms with van der Waals surface area (Å²) in [4.78, 5) is 39.8. The highest BCUT2D eigenvalue weighted by atomic mass is 16.5. The minimum absolute atomic E-state index is 0.140. The number of nitrogens with zero attached hydrogens (tertiary/aromatic N) is 2. The van der Waals surface area contributed by atoms with E-state index in [1.807, 2.05) is 54.6 Å². The molecule has 0 aromatic heterocycles. The molecule has 0 atom stereocenters. The van der Waals surface area contributed by atoms with Crippen molar-refractivity contribution >= 4 is 17.7 Å². The number of carbonyl (C=O) groups excluding carboxylic acids is 3. The fourth-order valence-electron chi connectivity index (χ4n) is 3.09. The first kappa shape index (κ1) is 19.4. The number of hydrogen-bond acceptors (Lipinski definition) is 4. The van der Waals surface area contributed by atoms with Crippen LogP contribution in [0.15, 0.2) is 54.6 Å². The van der Waals surface area contributed by atoms with E-state index in [-0.39, 0.29) is 12.5 Å². The van der Waals surface area contributed by atoms with Crippen LogP contribution in [0.1, 0.15) is 11.1 Å². The minimum Gasteiger partial charge on any atom is -0.496 e. The number of piperazine rings is 1. The third kappa shape index (κ3) is 4.68. The molecule has 2 aromatic carbocycles. The van der Waals surface area contributed by atoms with Gasteiger partial charge in [0.05, 0.1) is 7.11 Å². The Balaban J connectivity index is 1.52. The normalized spacial score (nSPS) is 14.2. The summed E-state index contributed by atoms with van der Waals surface area (Å²) in [6, 6.07) is 16.9. The predicted octanol–water partition coefficient (Wildman–Crippen LogP) is 1.18. The topological polar surface area (TPSA) is 79.0 Å². The van der Waals surface area contributed by atoms with E-state index < -0.39 is 11.8 Å². The molecule has 0 spiro atoms. The smallest absolute Gasteiger partial charge is 0.312 e. The number of carbonyl (C=O) groups is 3. The molecule has 1 saturated heterocycles. The summed E-state index contributed by atoms with van der Waals surface area (Å²) in [6.45, 7) is 1.27. The van der Waals surface area contributed by atoms with Crippen molar-refractivity contribution in [2.45, 2.75) is 13.1 Å². The van der Waals surface area contributed by atoms with Gasteiger partial charge in [-0.1, -0.05) is 48.5 Å². The number of ether oxygens (including phenoxy) is 1. The van der Waals surface area contributed by atoms with E-state index in [0.717, 1.165) is 11.1 Å². The Morgan fingerprint density at radius 3 is 2.36 bits per heavy atom. The Morgan fingerprint density at radius 2 is 1.61 bits per heavy atom. The highest BCUT2D eigenvalue weighted by Gasteiger charge is 2.33. The summed E-state index contributed by atoms with van der Waals surface area (Å²) in [6.07, 6.45) is 0. The van der Waals surface area contributed by atoms with Crippen LogP contribution in [-0.2, 0) is 27.5 Å². The van der Waals surface area contributed by atoms with Crippen molar-refractivity contribution in [2.75, 3.05) is 26.7 Å². The summed E-state index contributed by atoms with van der Waals surface area (Å²) in [5.41, 5.74) is 1.81. The van der Waals surface area contributed by atoms with Crippen LogP contribution in [0.2, 0.25) is 0 Å². The Bertz CT molecular complexity index is 854. The van der Waals surface area contributed by atoms with Gasteiger partial charge in [-0.2, -0.15) is 0 Å². The second-order valence-corrected chi connectivity index (χ2v) is 6.53. The molecule has 146 valence electrons. The third-order valence-electron chi connectivity index (χ3n) is 4.62. The van der Waals surface area contributed by atoms with E-state index >= 15 is 0 Å². The number of nitrogens with one attached hydrogen (secondary N) is 1. The van der Waals surface area contributed by atoms with Crippen molar-refractivity contribution in [3.63, 3.8) is 0 Å². The van der Waals surface area contributed by atoms with Crippen LogP contribution in [0, 0.1) is 0 Å². The van der Waals surface area contributed by atoms with E-state index in [1.165, 1.54) is 9.80 Å². The molecule has 7 nitrogen and oxygen atoms in total. The van der Waals surface area contributed by atoms with Gasteiger partial charge in [-0.3, -0.25) is 14.4 Å².